The predicted molar refractivity (Wildman–Crippen MR) is 98.3 cm³/mol. The van der Waals surface area contributed by atoms with Crippen LogP contribution < -0.4 is 14.8 Å². The highest BCUT2D eigenvalue weighted by Crippen LogP contribution is 2.30. The van der Waals surface area contributed by atoms with E-state index in [0.29, 0.717) is 23.6 Å². The summed E-state index contributed by atoms with van der Waals surface area (Å²) < 4.78 is 11.4. The average Bonchev–Trinajstić information content (AvgIpc) is 3.12. The minimum Gasteiger partial charge on any atom is -0.493 e. The number of rotatable bonds is 5. The fraction of sp³-hybridized carbons (Fsp3) is 0.222. The van der Waals surface area contributed by atoms with Crippen molar-refractivity contribution in [1.29, 1.82) is 0 Å². The van der Waals surface area contributed by atoms with Crippen molar-refractivity contribution in [3.8, 4) is 11.5 Å². The molecule has 1 aliphatic rings. The number of methoxy groups -OCH3 is 2. The molecule has 7 heteroatoms. The molecule has 1 aliphatic heterocycles. The van der Waals surface area contributed by atoms with Crippen molar-refractivity contribution in [3.05, 3.63) is 52.5 Å². The number of nitrogens with zero attached hydrogens (tertiary/aromatic N) is 1. The molecule has 3 rings (SSSR count). The monoisotopic (exact) mass is 404 g/mol. The van der Waals surface area contributed by atoms with E-state index >= 15 is 0 Å². The first kappa shape index (κ1) is 17.3. The summed E-state index contributed by atoms with van der Waals surface area (Å²) in [7, 11) is 3.10. The molecular formula is C18H17BrN2O4. The quantitative estimate of drug-likeness (QED) is 0.826. The summed E-state index contributed by atoms with van der Waals surface area (Å²) in [6, 6.07) is 12.9. The number of halogens is 1. The average molecular weight is 405 g/mol. The zero-order chi connectivity index (χ0) is 17.8. The maximum atomic E-state index is 12.4. The van der Waals surface area contributed by atoms with Gasteiger partial charge in [0.25, 0.3) is 5.91 Å². The number of carbonyl (C=O) groups excluding carboxylic acids is 1. The van der Waals surface area contributed by atoms with Crippen LogP contribution in [0.2, 0.25) is 0 Å². The third-order valence-corrected chi connectivity index (χ3v) is 4.26. The fourth-order valence-electron chi connectivity index (χ4n) is 2.49. The Bertz CT molecular complexity index is 822. The molecule has 0 aromatic heterocycles. The molecule has 1 heterocycles. The van der Waals surface area contributed by atoms with E-state index < -0.39 is 6.10 Å². The van der Waals surface area contributed by atoms with Crippen LogP contribution >= 0.6 is 15.9 Å². The van der Waals surface area contributed by atoms with Crippen molar-refractivity contribution in [2.75, 3.05) is 19.5 Å². The van der Waals surface area contributed by atoms with E-state index in [-0.39, 0.29) is 5.91 Å². The molecule has 0 unspecified atom stereocenters. The maximum Gasteiger partial charge on any atom is 0.268 e. The van der Waals surface area contributed by atoms with Gasteiger partial charge in [0.1, 0.15) is 0 Å². The van der Waals surface area contributed by atoms with Crippen LogP contribution in [0.3, 0.4) is 0 Å². The summed E-state index contributed by atoms with van der Waals surface area (Å²) in [4.78, 5) is 17.7. The van der Waals surface area contributed by atoms with Gasteiger partial charge in [0.15, 0.2) is 11.5 Å². The molecule has 2 aromatic rings. The van der Waals surface area contributed by atoms with Gasteiger partial charge >= 0.3 is 0 Å². The number of carbonyl (C=O) groups is 1. The lowest BCUT2D eigenvalue weighted by atomic mass is 10.0. The number of hydrogen-bond acceptors (Lipinski definition) is 5. The lowest BCUT2D eigenvalue weighted by Gasteiger charge is -2.12. The molecule has 1 N–H and O–H groups in total. The highest BCUT2D eigenvalue weighted by atomic mass is 79.9. The Morgan fingerprint density at radius 2 is 2.00 bits per heavy atom. The number of anilines is 1. The molecule has 130 valence electrons. The van der Waals surface area contributed by atoms with Crippen LogP contribution in [-0.4, -0.2) is 31.9 Å². The maximum absolute atomic E-state index is 12.4. The Labute approximate surface area is 153 Å². The summed E-state index contributed by atoms with van der Waals surface area (Å²) in [5, 5.41) is 6.85. The van der Waals surface area contributed by atoms with Crippen molar-refractivity contribution >= 4 is 33.2 Å². The zero-order valence-corrected chi connectivity index (χ0v) is 15.4. The molecule has 1 amide bonds. The van der Waals surface area contributed by atoms with Crippen LogP contribution in [0.4, 0.5) is 5.69 Å². The number of hydrogen-bond donors (Lipinski definition) is 1. The highest BCUT2D eigenvalue weighted by molar-refractivity contribution is 9.10. The van der Waals surface area contributed by atoms with Crippen LogP contribution in [0, 0.1) is 0 Å². The van der Waals surface area contributed by atoms with Crippen LogP contribution in [0.1, 0.15) is 12.0 Å². The Kier molecular flexibility index (Phi) is 5.23. The van der Waals surface area contributed by atoms with Crippen molar-refractivity contribution in [2.45, 2.75) is 12.5 Å². The van der Waals surface area contributed by atoms with Crippen LogP contribution in [0.5, 0.6) is 11.5 Å². The van der Waals surface area contributed by atoms with Gasteiger partial charge in [-0.05, 0) is 24.3 Å². The number of amides is 1. The van der Waals surface area contributed by atoms with Gasteiger partial charge in [0, 0.05) is 28.2 Å². The second-order valence-corrected chi connectivity index (χ2v) is 6.32. The third-order valence-electron chi connectivity index (χ3n) is 3.77. The molecule has 2 aromatic carbocycles. The second kappa shape index (κ2) is 7.57. The number of nitrogens with one attached hydrogen (secondary N) is 1. The molecule has 0 aliphatic carbocycles. The molecule has 0 fully saturated rings. The van der Waals surface area contributed by atoms with Gasteiger partial charge in [-0.15, -0.1) is 0 Å². The summed E-state index contributed by atoms with van der Waals surface area (Å²) in [6.45, 7) is 0. The molecule has 1 atom stereocenters. The van der Waals surface area contributed by atoms with Gasteiger partial charge in [-0.3, -0.25) is 4.79 Å². The van der Waals surface area contributed by atoms with E-state index in [2.05, 4.69) is 26.4 Å². The topological polar surface area (TPSA) is 69.2 Å². The first-order valence-electron chi connectivity index (χ1n) is 7.62. The van der Waals surface area contributed by atoms with Gasteiger partial charge in [0.05, 0.1) is 19.9 Å². The summed E-state index contributed by atoms with van der Waals surface area (Å²) in [5.41, 5.74) is 2.27. The predicted octanol–water partition coefficient (Wildman–Crippen LogP) is 3.60. The molecule has 0 saturated heterocycles. The summed E-state index contributed by atoms with van der Waals surface area (Å²) in [6.07, 6.45) is -0.252. The van der Waals surface area contributed by atoms with Crippen molar-refractivity contribution in [3.63, 3.8) is 0 Å². The number of oxime groups is 1. The molecular weight excluding hydrogens is 388 g/mol. The van der Waals surface area contributed by atoms with Crippen LogP contribution in [0.25, 0.3) is 0 Å². The van der Waals surface area contributed by atoms with Crippen molar-refractivity contribution in [1.82, 2.24) is 0 Å². The Balaban J connectivity index is 1.65. The summed E-state index contributed by atoms with van der Waals surface area (Å²) >= 11 is 3.43. The molecule has 0 saturated carbocycles. The van der Waals surface area contributed by atoms with E-state index in [0.717, 1.165) is 15.7 Å². The smallest absolute Gasteiger partial charge is 0.268 e. The first-order chi connectivity index (χ1) is 12.1. The second-order valence-electron chi connectivity index (χ2n) is 5.41. The molecule has 6 nitrogen and oxygen atoms in total. The third kappa shape index (κ3) is 3.93. The SMILES string of the molecule is COc1ccc(NC(=O)[C@H]2CC(c3cccc(Br)c3)=NO2)cc1OC. The Morgan fingerprint density at radius 3 is 2.72 bits per heavy atom. The minimum absolute atomic E-state index is 0.263. The molecule has 0 spiro atoms. The van der Waals surface area contributed by atoms with E-state index in [1.54, 1.807) is 32.4 Å². The standard InChI is InChI=1S/C18H17BrN2O4/c1-23-15-7-6-13(9-16(15)24-2)20-18(22)17-10-14(21-25-17)11-4-3-5-12(19)8-11/h3-9,17H,10H2,1-2H3,(H,20,22)/t17-/m1/s1. The highest BCUT2D eigenvalue weighted by Gasteiger charge is 2.29. The summed E-state index contributed by atoms with van der Waals surface area (Å²) in [5.74, 6) is 0.873. The zero-order valence-electron chi connectivity index (χ0n) is 13.8. The van der Waals surface area contributed by atoms with Crippen molar-refractivity contribution < 1.29 is 19.1 Å². The van der Waals surface area contributed by atoms with Crippen LogP contribution in [0.15, 0.2) is 52.1 Å². The van der Waals surface area contributed by atoms with Crippen LogP contribution in [-0.2, 0) is 9.63 Å². The van der Waals surface area contributed by atoms with Gasteiger partial charge in [-0.25, -0.2) is 0 Å². The first-order valence-corrected chi connectivity index (χ1v) is 8.41. The lowest BCUT2D eigenvalue weighted by Crippen LogP contribution is -2.28. The lowest BCUT2D eigenvalue weighted by molar-refractivity contribution is -0.125. The Hall–Kier alpha value is -2.54. The van der Waals surface area contributed by atoms with Crippen molar-refractivity contribution in [2.24, 2.45) is 5.16 Å². The minimum atomic E-state index is -0.665. The molecule has 0 bridgehead atoms. The van der Waals surface area contributed by atoms with E-state index in [1.165, 1.54) is 0 Å². The largest absolute Gasteiger partial charge is 0.493 e. The molecule has 25 heavy (non-hydrogen) atoms. The van der Waals surface area contributed by atoms with Gasteiger partial charge in [0.2, 0.25) is 6.10 Å². The normalized spacial score (nSPS) is 16.0. The van der Waals surface area contributed by atoms with Gasteiger partial charge < -0.3 is 19.6 Å². The van der Waals surface area contributed by atoms with Gasteiger partial charge in [-0.1, -0.05) is 33.2 Å². The number of benzene rings is 2. The van der Waals surface area contributed by atoms with E-state index in [9.17, 15) is 4.79 Å². The van der Waals surface area contributed by atoms with E-state index in [4.69, 9.17) is 14.3 Å². The Morgan fingerprint density at radius 1 is 1.20 bits per heavy atom. The van der Waals surface area contributed by atoms with Gasteiger partial charge in [-0.2, -0.15) is 0 Å². The van der Waals surface area contributed by atoms with E-state index in [1.807, 2.05) is 24.3 Å². The fourth-order valence-corrected chi connectivity index (χ4v) is 2.89. The number of ether oxygens (including phenoxy) is 2. The molecule has 0 radical (unpaired) electrons.